The summed E-state index contributed by atoms with van der Waals surface area (Å²) in [7, 11) is 0. The van der Waals surface area contributed by atoms with Crippen LogP contribution in [0.25, 0.3) is 0 Å². The van der Waals surface area contributed by atoms with Gasteiger partial charge in [-0.3, -0.25) is 0 Å². The van der Waals surface area contributed by atoms with Crippen LogP contribution >= 0.6 is 11.8 Å². The third-order valence-corrected chi connectivity index (χ3v) is 3.60. The van der Waals surface area contributed by atoms with E-state index in [1.165, 1.54) is 32.1 Å². The van der Waals surface area contributed by atoms with Gasteiger partial charge in [-0.1, -0.05) is 39.5 Å². The predicted octanol–water partition coefficient (Wildman–Crippen LogP) is 3.48. The van der Waals surface area contributed by atoms with Crippen LogP contribution in [0, 0.1) is 0 Å². The molecule has 0 amide bonds. The molecule has 0 bridgehead atoms. The van der Waals surface area contributed by atoms with Crippen LogP contribution in [0.2, 0.25) is 0 Å². The number of unbranched alkanes of at least 4 members (excludes halogenated alkanes) is 4. The average Bonchev–Trinajstić information content (AvgIpc) is 2.29. The van der Waals surface area contributed by atoms with Gasteiger partial charge in [0.05, 0.1) is 12.7 Å². The summed E-state index contributed by atoms with van der Waals surface area (Å²) in [6, 6.07) is 0. The van der Waals surface area contributed by atoms with E-state index in [0.29, 0.717) is 6.61 Å². The Hall–Kier alpha value is 0.270. The minimum absolute atomic E-state index is 0.284. The van der Waals surface area contributed by atoms with Crippen LogP contribution in [0.3, 0.4) is 0 Å². The molecule has 1 unspecified atom stereocenters. The summed E-state index contributed by atoms with van der Waals surface area (Å²) in [5.41, 5.74) is 0. The highest BCUT2D eigenvalue weighted by Crippen LogP contribution is 2.07. The number of ether oxygens (including phenoxy) is 1. The van der Waals surface area contributed by atoms with Crippen molar-refractivity contribution in [3.05, 3.63) is 0 Å². The highest BCUT2D eigenvalue weighted by atomic mass is 32.2. The average molecular weight is 248 g/mol. The van der Waals surface area contributed by atoms with Gasteiger partial charge in [0.1, 0.15) is 0 Å². The van der Waals surface area contributed by atoms with Gasteiger partial charge >= 0.3 is 0 Å². The number of aliphatic hydroxyl groups is 1. The summed E-state index contributed by atoms with van der Waals surface area (Å²) in [6.45, 7) is 5.70. The summed E-state index contributed by atoms with van der Waals surface area (Å²) in [5, 5.41) is 9.61. The van der Waals surface area contributed by atoms with E-state index in [2.05, 4.69) is 13.8 Å². The lowest BCUT2D eigenvalue weighted by molar-refractivity contribution is 0.0468. The highest BCUT2D eigenvalue weighted by Gasteiger charge is 2.03. The zero-order chi connectivity index (χ0) is 12.1. The number of hydrogen-bond acceptors (Lipinski definition) is 3. The van der Waals surface area contributed by atoms with Gasteiger partial charge in [-0.05, 0) is 18.6 Å². The zero-order valence-corrected chi connectivity index (χ0v) is 11.7. The smallest absolute Gasteiger partial charge is 0.0863 e. The van der Waals surface area contributed by atoms with E-state index in [9.17, 15) is 5.11 Å². The second-order valence-electron chi connectivity index (χ2n) is 4.22. The molecule has 16 heavy (non-hydrogen) atoms. The van der Waals surface area contributed by atoms with Crippen molar-refractivity contribution in [3.8, 4) is 0 Å². The Bertz CT molecular complexity index is 131. The second kappa shape index (κ2) is 13.3. The lowest BCUT2D eigenvalue weighted by Gasteiger charge is -2.10. The van der Waals surface area contributed by atoms with Crippen molar-refractivity contribution in [1.29, 1.82) is 0 Å². The Balaban J connectivity index is 3.08. The molecular formula is C13H28O2S. The maximum atomic E-state index is 9.61. The molecule has 0 aliphatic carbocycles. The first-order chi connectivity index (χ1) is 7.81. The van der Waals surface area contributed by atoms with E-state index in [-0.39, 0.29) is 6.10 Å². The van der Waals surface area contributed by atoms with Crippen molar-refractivity contribution in [3.63, 3.8) is 0 Å². The molecule has 0 rings (SSSR count). The van der Waals surface area contributed by atoms with Crippen molar-refractivity contribution in [2.24, 2.45) is 0 Å². The van der Waals surface area contributed by atoms with Crippen LogP contribution in [0.15, 0.2) is 0 Å². The predicted molar refractivity (Wildman–Crippen MR) is 73.2 cm³/mol. The summed E-state index contributed by atoms with van der Waals surface area (Å²) in [5.74, 6) is 1.97. The zero-order valence-electron chi connectivity index (χ0n) is 10.9. The van der Waals surface area contributed by atoms with Gasteiger partial charge in [0.15, 0.2) is 0 Å². The van der Waals surface area contributed by atoms with Gasteiger partial charge in [0.25, 0.3) is 0 Å². The quantitative estimate of drug-likeness (QED) is 0.536. The van der Waals surface area contributed by atoms with E-state index in [4.69, 9.17) is 4.74 Å². The standard InChI is InChI=1S/C13H28O2S/c1-3-5-7-8-9-15-11-13(14)12-16-10-6-4-2/h13-14H,3-12H2,1-2H3. The van der Waals surface area contributed by atoms with Gasteiger partial charge in [0, 0.05) is 12.4 Å². The molecule has 0 aromatic carbocycles. The van der Waals surface area contributed by atoms with Crippen LogP contribution in [0.4, 0.5) is 0 Å². The fraction of sp³-hybridized carbons (Fsp3) is 1.00. The molecule has 2 nitrogen and oxygen atoms in total. The van der Waals surface area contributed by atoms with E-state index in [0.717, 1.165) is 24.5 Å². The summed E-state index contributed by atoms with van der Waals surface area (Å²) in [4.78, 5) is 0. The van der Waals surface area contributed by atoms with Crippen molar-refractivity contribution in [2.45, 2.75) is 58.5 Å². The van der Waals surface area contributed by atoms with Gasteiger partial charge in [-0.2, -0.15) is 11.8 Å². The minimum Gasteiger partial charge on any atom is -0.390 e. The Morgan fingerprint density at radius 3 is 2.50 bits per heavy atom. The topological polar surface area (TPSA) is 29.5 Å². The Labute approximate surface area is 105 Å². The molecular weight excluding hydrogens is 220 g/mol. The van der Waals surface area contributed by atoms with Gasteiger partial charge in [-0.15, -0.1) is 0 Å². The van der Waals surface area contributed by atoms with Gasteiger partial charge in [-0.25, -0.2) is 0 Å². The molecule has 0 aliphatic rings. The van der Waals surface area contributed by atoms with E-state index in [1.807, 2.05) is 11.8 Å². The molecule has 0 spiro atoms. The molecule has 0 saturated carbocycles. The molecule has 1 N–H and O–H groups in total. The fourth-order valence-electron chi connectivity index (χ4n) is 1.36. The first-order valence-electron chi connectivity index (χ1n) is 6.64. The molecule has 0 fully saturated rings. The highest BCUT2D eigenvalue weighted by molar-refractivity contribution is 7.99. The van der Waals surface area contributed by atoms with Crippen LogP contribution in [0.1, 0.15) is 52.4 Å². The summed E-state index contributed by atoms with van der Waals surface area (Å²) in [6.07, 6.45) is 7.12. The molecule has 0 radical (unpaired) electrons. The normalized spacial score (nSPS) is 12.9. The molecule has 0 aromatic heterocycles. The molecule has 0 aromatic rings. The largest absolute Gasteiger partial charge is 0.390 e. The number of hydrogen-bond donors (Lipinski definition) is 1. The van der Waals surface area contributed by atoms with E-state index < -0.39 is 0 Å². The van der Waals surface area contributed by atoms with Crippen LogP contribution in [-0.4, -0.2) is 35.9 Å². The SMILES string of the molecule is CCCCCCOCC(O)CSCCCC. The second-order valence-corrected chi connectivity index (χ2v) is 5.37. The number of thioether (sulfide) groups is 1. The number of aliphatic hydroxyl groups excluding tert-OH is 1. The first-order valence-corrected chi connectivity index (χ1v) is 7.80. The summed E-state index contributed by atoms with van der Waals surface area (Å²) < 4.78 is 5.44. The summed E-state index contributed by atoms with van der Waals surface area (Å²) >= 11 is 1.83. The third-order valence-electron chi connectivity index (χ3n) is 2.40. The van der Waals surface area contributed by atoms with Crippen molar-refractivity contribution < 1.29 is 9.84 Å². The monoisotopic (exact) mass is 248 g/mol. The van der Waals surface area contributed by atoms with Crippen LogP contribution in [0.5, 0.6) is 0 Å². The molecule has 1 atom stereocenters. The molecule has 98 valence electrons. The van der Waals surface area contributed by atoms with Crippen LogP contribution < -0.4 is 0 Å². The van der Waals surface area contributed by atoms with E-state index in [1.54, 1.807) is 0 Å². The lowest BCUT2D eigenvalue weighted by Crippen LogP contribution is -2.18. The molecule has 3 heteroatoms. The van der Waals surface area contributed by atoms with E-state index >= 15 is 0 Å². The maximum absolute atomic E-state index is 9.61. The van der Waals surface area contributed by atoms with Crippen molar-refractivity contribution in [2.75, 3.05) is 24.7 Å². The van der Waals surface area contributed by atoms with Crippen molar-refractivity contribution in [1.82, 2.24) is 0 Å². The fourth-order valence-corrected chi connectivity index (χ4v) is 2.39. The van der Waals surface area contributed by atoms with Crippen LogP contribution in [-0.2, 0) is 4.74 Å². The maximum Gasteiger partial charge on any atom is 0.0863 e. The molecule has 0 aliphatic heterocycles. The van der Waals surface area contributed by atoms with Crippen molar-refractivity contribution >= 4 is 11.8 Å². The first kappa shape index (κ1) is 16.3. The molecule has 0 saturated heterocycles. The minimum atomic E-state index is -0.284. The third kappa shape index (κ3) is 12.3. The van der Waals surface area contributed by atoms with Gasteiger partial charge in [0.2, 0.25) is 0 Å². The Morgan fingerprint density at radius 1 is 1.06 bits per heavy atom. The number of rotatable bonds is 12. The lowest BCUT2D eigenvalue weighted by atomic mass is 10.2. The Morgan fingerprint density at radius 2 is 1.81 bits per heavy atom. The Kier molecular flexibility index (Phi) is 13.6. The molecule has 0 heterocycles. The van der Waals surface area contributed by atoms with Gasteiger partial charge < -0.3 is 9.84 Å².